The highest BCUT2D eigenvalue weighted by molar-refractivity contribution is 7.71. The van der Waals surface area contributed by atoms with Crippen LogP contribution in [0.15, 0.2) is 0 Å². The van der Waals surface area contributed by atoms with Gasteiger partial charge in [0.05, 0.1) is 6.04 Å². The summed E-state index contributed by atoms with van der Waals surface area (Å²) in [6.45, 7) is 8.95. The van der Waals surface area contributed by atoms with Crippen LogP contribution >= 0.6 is 12.2 Å². The Morgan fingerprint density at radius 3 is 2.15 bits per heavy atom. The lowest BCUT2D eigenvalue weighted by Crippen LogP contribution is -2.03. The van der Waals surface area contributed by atoms with Crippen LogP contribution < -0.4 is 0 Å². The predicted octanol–water partition coefficient (Wildman–Crippen LogP) is 1.94. The summed E-state index contributed by atoms with van der Waals surface area (Å²) in [6, 6.07) is 0.391. The summed E-state index contributed by atoms with van der Waals surface area (Å²) in [6.07, 6.45) is 0. The summed E-state index contributed by atoms with van der Waals surface area (Å²) in [5, 5.41) is 10.3. The van der Waals surface area contributed by atoms with E-state index in [4.69, 9.17) is 12.2 Å². The average molecular weight is 198 g/mol. The van der Waals surface area contributed by atoms with Gasteiger partial charge in [0.1, 0.15) is 0 Å². The van der Waals surface area contributed by atoms with Crippen LogP contribution in [-0.4, -0.2) is 20.2 Å². The zero-order valence-corrected chi connectivity index (χ0v) is 9.14. The molecule has 1 aromatic rings. The van der Waals surface area contributed by atoms with Gasteiger partial charge in [-0.05, 0) is 23.0 Å². The largest absolute Gasteiger partial charge is 0.238 e. The highest BCUT2D eigenvalue weighted by Crippen LogP contribution is 2.71. The number of hydrogen-bond donors (Lipinski definition) is 1. The molecule has 0 saturated heterocycles. The molecule has 0 spiro atoms. The molecule has 0 aliphatic heterocycles. The highest BCUT2D eigenvalue weighted by atomic mass is 32.1. The molecule has 0 amide bonds. The summed E-state index contributed by atoms with van der Waals surface area (Å²) >= 11 is 5.06. The average Bonchev–Trinajstić information content (AvgIpc) is 2.33. The third kappa shape index (κ3) is 0.935. The van der Waals surface area contributed by atoms with E-state index in [1.54, 1.807) is 0 Å². The SMILES string of the molecule is CC1(C)C(n2[nH]nnc2=S)C1(C)C. The first kappa shape index (κ1) is 8.87. The van der Waals surface area contributed by atoms with Gasteiger partial charge in [-0.3, -0.25) is 0 Å². The Balaban J connectivity index is 2.43. The van der Waals surface area contributed by atoms with Crippen molar-refractivity contribution in [2.45, 2.75) is 33.7 Å². The molecule has 1 saturated carbocycles. The number of nitrogens with zero attached hydrogens (tertiary/aromatic N) is 3. The van der Waals surface area contributed by atoms with Gasteiger partial charge in [0, 0.05) is 0 Å². The number of aromatic amines is 1. The molecular formula is C8H14N4S. The Kier molecular flexibility index (Phi) is 1.50. The van der Waals surface area contributed by atoms with Crippen molar-refractivity contribution in [3.63, 3.8) is 0 Å². The maximum absolute atomic E-state index is 5.06. The maximum Gasteiger partial charge on any atom is 0.238 e. The quantitative estimate of drug-likeness (QED) is 0.701. The smallest absolute Gasteiger partial charge is 0.238 e. The van der Waals surface area contributed by atoms with Crippen molar-refractivity contribution in [1.82, 2.24) is 20.2 Å². The molecule has 4 nitrogen and oxygen atoms in total. The van der Waals surface area contributed by atoms with Crippen LogP contribution in [0.5, 0.6) is 0 Å². The van der Waals surface area contributed by atoms with Gasteiger partial charge in [0.2, 0.25) is 4.77 Å². The van der Waals surface area contributed by atoms with Gasteiger partial charge >= 0.3 is 0 Å². The summed E-state index contributed by atoms with van der Waals surface area (Å²) < 4.78 is 2.43. The van der Waals surface area contributed by atoms with Crippen LogP contribution in [0.2, 0.25) is 0 Å². The lowest BCUT2D eigenvalue weighted by Gasteiger charge is -2.02. The van der Waals surface area contributed by atoms with E-state index in [0.717, 1.165) is 0 Å². The van der Waals surface area contributed by atoms with Gasteiger partial charge in [-0.1, -0.05) is 38.0 Å². The summed E-state index contributed by atoms with van der Waals surface area (Å²) in [4.78, 5) is 0. The Labute approximate surface area is 82.3 Å². The topological polar surface area (TPSA) is 46.5 Å². The first-order chi connectivity index (χ1) is 5.89. The standard InChI is InChI=1S/C8H14N4S/c1-7(2)5(8(7,3)4)12-6(13)9-10-11-12/h5H,1-4H3,(H,9,11,13). The minimum Gasteiger partial charge on any atom is -0.238 e. The molecule has 1 heterocycles. The van der Waals surface area contributed by atoms with E-state index in [2.05, 4.69) is 43.2 Å². The Hall–Kier alpha value is -0.710. The van der Waals surface area contributed by atoms with Crippen LogP contribution in [0.3, 0.4) is 0 Å². The van der Waals surface area contributed by atoms with Crippen molar-refractivity contribution < 1.29 is 0 Å². The van der Waals surface area contributed by atoms with Crippen molar-refractivity contribution in [2.24, 2.45) is 10.8 Å². The number of hydrogen-bond acceptors (Lipinski definition) is 3. The van der Waals surface area contributed by atoms with Crippen molar-refractivity contribution >= 4 is 12.2 Å². The molecule has 72 valence electrons. The van der Waals surface area contributed by atoms with E-state index in [1.807, 2.05) is 4.68 Å². The fourth-order valence-electron chi connectivity index (χ4n) is 2.18. The molecule has 0 aromatic carbocycles. The summed E-state index contributed by atoms with van der Waals surface area (Å²) in [7, 11) is 0. The number of rotatable bonds is 1. The van der Waals surface area contributed by atoms with Gasteiger partial charge in [-0.25, -0.2) is 4.68 Å². The highest BCUT2D eigenvalue weighted by Gasteiger charge is 2.66. The first-order valence-corrected chi connectivity index (χ1v) is 4.79. The minimum atomic E-state index is 0.263. The van der Waals surface area contributed by atoms with Crippen molar-refractivity contribution in [3.8, 4) is 0 Å². The number of tetrazole rings is 1. The lowest BCUT2D eigenvalue weighted by molar-refractivity contribution is 0.457. The van der Waals surface area contributed by atoms with Gasteiger partial charge in [-0.15, -0.1) is 0 Å². The molecule has 1 aromatic heterocycles. The molecule has 1 aliphatic carbocycles. The van der Waals surface area contributed by atoms with Crippen molar-refractivity contribution in [2.75, 3.05) is 0 Å². The molecule has 0 radical (unpaired) electrons. The van der Waals surface area contributed by atoms with Crippen LogP contribution in [0, 0.1) is 15.6 Å². The van der Waals surface area contributed by atoms with E-state index < -0.39 is 0 Å². The van der Waals surface area contributed by atoms with Gasteiger partial charge in [0.15, 0.2) is 0 Å². The second-order valence-corrected chi connectivity index (χ2v) is 5.16. The molecule has 0 atom stereocenters. The van der Waals surface area contributed by atoms with Gasteiger partial charge in [0.25, 0.3) is 0 Å². The molecule has 0 unspecified atom stereocenters. The van der Waals surface area contributed by atoms with Crippen LogP contribution in [0.1, 0.15) is 33.7 Å². The number of nitrogens with one attached hydrogen (secondary N) is 1. The zero-order chi connectivity index (χ0) is 9.85. The van der Waals surface area contributed by atoms with Crippen LogP contribution in [0.25, 0.3) is 0 Å². The molecule has 2 rings (SSSR count). The monoisotopic (exact) mass is 198 g/mol. The summed E-state index contributed by atoms with van der Waals surface area (Å²) in [5.41, 5.74) is 0.527. The molecular weight excluding hydrogens is 184 g/mol. The van der Waals surface area contributed by atoms with Crippen molar-refractivity contribution in [1.29, 1.82) is 0 Å². The number of H-pyrrole nitrogens is 1. The van der Waals surface area contributed by atoms with Gasteiger partial charge < -0.3 is 0 Å². The van der Waals surface area contributed by atoms with E-state index >= 15 is 0 Å². The summed E-state index contributed by atoms with van der Waals surface area (Å²) in [5.74, 6) is 0. The van der Waals surface area contributed by atoms with Crippen molar-refractivity contribution in [3.05, 3.63) is 4.77 Å². The minimum absolute atomic E-state index is 0.263. The normalized spacial score (nSPS) is 24.6. The Morgan fingerprint density at radius 1 is 1.31 bits per heavy atom. The molecule has 1 fully saturated rings. The van der Waals surface area contributed by atoms with Crippen LogP contribution in [0.4, 0.5) is 0 Å². The molecule has 1 aliphatic rings. The predicted molar refractivity (Wildman–Crippen MR) is 51.8 cm³/mol. The van der Waals surface area contributed by atoms with Gasteiger partial charge in [-0.2, -0.15) is 5.21 Å². The molecule has 0 bridgehead atoms. The lowest BCUT2D eigenvalue weighted by atomic mass is 10.0. The van der Waals surface area contributed by atoms with Crippen LogP contribution in [-0.2, 0) is 0 Å². The Bertz CT molecular complexity index is 373. The fraction of sp³-hybridized carbons (Fsp3) is 0.875. The third-order valence-electron chi connectivity index (χ3n) is 3.70. The molecule has 13 heavy (non-hydrogen) atoms. The first-order valence-electron chi connectivity index (χ1n) is 4.38. The number of aromatic nitrogens is 4. The Morgan fingerprint density at radius 2 is 1.85 bits per heavy atom. The zero-order valence-electron chi connectivity index (χ0n) is 8.33. The second kappa shape index (κ2) is 2.20. The van der Waals surface area contributed by atoms with E-state index in [9.17, 15) is 0 Å². The second-order valence-electron chi connectivity index (χ2n) is 4.80. The maximum atomic E-state index is 5.06. The fourth-order valence-corrected chi connectivity index (χ4v) is 2.37. The van der Waals surface area contributed by atoms with E-state index in [0.29, 0.717) is 10.8 Å². The molecule has 1 N–H and O–H groups in total. The third-order valence-corrected chi connectivity index (χ3v) is 3.98. The van der Waals surface area contributed by atoms with E-state index in [-0.39, 0.29) is 10.8 Å². The molecule has 5 heteroatoms. The van der Waals surface area contributed by atoms with E-state index in [1.165, 1.54) is 0 Å².